The maximum atomic E-state index is 14.7. The Bertz CT molecular complexity index is 1310. The Labute approximate surface area is 245 Å². The van der Waals surface area contributed by atoms with Crippen molar-refractivity contribution in [2.24, 2.45) is 0 Å². The molecule has 40 heavy (non-hydrogen) atoms. The zero-order chi connectivity index (χ0) is 29.4. The third-order valence-corrected chi connectivity index (χ3v) is 7.05. The van der Waals surface area contributed by atoms with Gasteiger partial charge in [-0.15, -0.1) is 0 Å². The van der Waals surface area contributed by atoms with E-state index in [0.29, 0.717) is 21.0 Å². The molecular formula is C29H32FIN2O7. The first-order valence-electron chi connectivity index (χ1n) is 12.6. The molecule has 0 heterocycles. The molecule has 0 saturated carbocycles. The van der Waals surface area contributed by atoms with Crippen molar-refractivity contribution in [2.45, 2.75) is 45.1 Å². The quantitative estimate of drug-likeness (QED) is 0.191. The largest absolute Gasteiger partial charge is 0.493 e. The number of aliphatic hydroxyl groups is 2. The van der Waals surface area contributed by atoms with Crippen LogP contribution in [0.3, 0.4) is 0 Å². The first kappa shape index (κ1) is 31.2. The molecule has 3 rings (SSSR count). The van der Waals surface area contributed by atoms with Crippen molar-refractivity contribution < 1.29 is 38.5 Å². The minimum absolute atomic E-state index is 0.00341. The van der Waals surface area contributed by atoms with Gasteiger partial charge in [-0.2, -0.15) is 0 Å². The van der Waals surface area contributed by atoms with Gasteiger partial charge in [-0.3, -0.25) is 14.4 Å². The molecule has 3 atom stereocenters. The molecule has 11 heteroatoms. The highest BCUT2D eigenvalue weighted by molar-refractivity contribution is 14.1. The summed E-state index contributed by atoms with van der Waals surface area (Å²) in [6, 6.07) is 8.11. The van der Waals surface area contributed by atoms with Crippen molar-refractivity contribution in [3.05, 3.63) is 80.2 Å². The topological polar surface area (TPSA) is 125 Å². The molecule has 0 unspecified atom stereocenters. The number of hydrogen-bond acceptors (Lipinski definition) is 7. The third kappa shape index (κ3) is 7.67. The van der Waals surface area contributed by atoms with E-state index in [2.05, 4.69) is 5.32 Å². The van der Waals surface area contributed by atoms with Crippen molar-refractivity contribution in [1.82, 2.24) is 10.2 Å². The first-order chi connectivity index (χ1) is 19.1. The van der Waals surface area contributed by atoms with E-state index < -0.39 is 35.9 Å². The number of carbonyl (C=O) groups is 3. The molecule has 0 radical (unpaired) electrons. The van der Waals surface area contributed by atoms with E-state index in [4.69, 9.17) is 9.47 Å². The number of carbonyl (C=O) groups excluding carboxylic acids is 3. The summed E-state index contributed by atoms with van der Waals surface area (Å²) >= 11 is 1.97. The summed E-state index contributed by atoms with van der Waals surface area (Å²) in [5.74, 6) is -1.00. The van der Waals surface area contributed by atoms with Crippen molar-refractivity contribution >= 4 is 40.7 Å². The molecule has 0 bridgehead atoms. The number of aliphatic hydroxyl groups excluding tert-OH is 2. The van der Waals surface area contributed by atoms with Gasteiger partial charge in [0.15, 0.2) is 11.5 Å². The summed E-state index contributed by atoms with van der Waals surface area (Å²) < 4.78 is 26.8. The van der Waals surface area contributed by atoms with E-state index in [-0.39, 0.29) is 48.8 Å². The second-order valence-electron chi connectivity index (χ2n) is 9.45. The Balaban J connectivity index is 2.08. The standard InChI is InChI=1S/C29H32FIN2O7/c1-17(2)10-26(36)33(15-19-6-4-5-7-21(19)30)23-13-20(29(38)32-8-9-34)14-24(27(23)37)40-28-22(31)11-18(16-35)12-25(28)39-3/h4-7,10-12,14,16,23-24,27,34,37H,8-9,13,15H2,1-3H3,(H,32,38)/t23-,24+,27+/m1/s1. The van der Waals surface area contributed by atoms with Crippen LogP contribution < -0.4 is 14.8 Å². The van der Waals surface area contributed by atoms with Crippen molar-refractivity contribution in [3.63, 3.8) is 0 Å². The van der Waals surface area contributed by atoms with Crippen LogP contribution in [0, 0.1) is 9.39 Å². The monoisotopic (exact) mass is 666 g/mol. The lowest BCUT2D eigenvalue weighted by Crippen LogP contribution is -2.54. The summed E-state index contributed by atoms with van der Waals surface area (Å²) in [6.07, 6.45) is 1.01. The van der Waals surface area contributed by atoms with E-state index in [1.165, 1.54) is 42.4 Å². The highest BCUT2D eigenvalue weighted by Gasteiger charge is 2.41. The molecule has 1 aliphatic rings. The maximum absolute atomic E-state index is 14.7. The van der Waals surface area contributed by atoms with Gasteiger partial charge in [0, 0.05) is 42.3 Å². The highest BCUT2D eigenvalue weighted by Crippen LogP contribution is 2.37. The second-order valence-corrected chi connectivity index (χ2v) is 10.6. The van der Waals surface area contributed by atoms with Gasteiger partial charge in [0.2, 0.25) is 11.8 Å². The molecule has 2 amide bonds. The van der Waals surface area contributed by atoms with Gasteiger partial charge in [0.25, 0.3) is 0 Å². The van der Waals surface area contributed by atoms with Crippen LogP contribution in [0.1, 0.15) is 36.2 Å². The minimum atomic E-state index is -1.33. The van der Waals surface area contributed by atoms with Crippen molar-refractivity contribution in [1.29, 1.82) is 0 Å². The second kappa shape index (κ2) is 14.4. The van der Waals surface area contributed by atoms with Crippen LogP contribution in [-0.2, 0) is 16.1 Å². The molecule has 0 fully saturated rings. The number of hydrogen-bond donors (Lipinski definition) is 3. The Kier molecular flexibility index (Phi) is 11.2. The number of allylic oxidation sites excluding steroid dienone is 1. The number of aldehydes is 1. The first-order valence-corrected chi connectivity index (χ1v) is 13.6. The minimum Gasteiger partial charge on any atom is -0.493 e. The lowest BCUT2D eigenvalue weighted by Gasteiger charge is -2.40. The summed E-state index contributed by atoms with van der Waals surface area (Å²) in [6.45, 7) is 3.05. The number of ether oxygens (including phenoxy) is 2. The van der Waals surface area contributed by atoms with Crippen molar-refractivity contribution in [2.75, 3.05) is 20.3 Å². The predicted octanol–water partition coefficient (Wildman–Crippen LogP) is 3.16. The molecule has 9 nitrogen and oxygen atoms in total. The zero-order valence-electron chi connectivity index (χ0n) is 22.4. The molecule has 214 valence electrons. The zero-order valence-corrected chi connectivity index (χ0v) is 24.6. The van der Waals surface area contributed by atoms with Gasteiger partial charge in [0.05, 0.1) is 23.3 Å². The van der Waals surface area contributed by atoms with E-state index >= 15 is 0 Å². The molecule has 0 saturated heterocycles. The lowest BCUT2D eigenvalue weighted by atomic mass is 9.87. The van der Waals surface area contributed by atoms with Crippen LogP contribution in [0.4, 0.5) is 4.39 Å². The fourth-order valence-electron chi connectivity index (χ4n) is 4.34. The fraction of sp³-hybridized carbons (Fsp3) is 0.345. The van der Waals surface area contributed by atoms with E-state index in [1.807, 2.05) is 22.6 Å². The Morgan fingerprint density at radius 2 is 1.98 bits per heavy atom. The fourth-order valence-corrected chi connectivity index (χ4v) is 5.09. The van der Waals surface area contributed by atoms with Gasteiger partial charge < -0.3 is 29.9 Å². The van der Waals surface area contributed by atoms with Gasteiger partial charge in [0.1, 0.15) is 24.3 Å². The Morgan fingerprint density at radius 3 is 2.60 bits per heavy atom. The third-order valence-electron chi connectivity index (χ3n) is 6.25. The molecule has 0 aromatic heterocycles. The number of nitrogens with zero attached hydrogens (tertiary/aromatic N) is 1. The summed E-state index contributed by atoms with van der Waals surface area (Å²) in [4.78, 5) is 39.1. The number of methoxy groups -OCH3 is 1. The van der Waals surface area contributed by atoms with Crippen LogP contribution in [0.5, 0.6) is 11.5 Å². The highest BCUT2D eigenvalue weighted by atomic mass is 127. The van der Waals surface area contributed by atoms with E-state index in [0.717, 1.165) is 0 Å². The Hall–Kier alpha value is -3.29. The number of rotatable bonds is 11. The number of halogens is 2. The average Bonchev–Trinajstić information content (AvgIpc) is 2.92. The molecule has 1 aliphatic carbocycles. The summed E-state index contributed by atoms with van der Waals surface area (Å²) in [7, 11) is 1.41. The van der Waals surface area contributed by atoms with Crippen LogP contribution in [0.2, 0.25) is 0 Å². The lowest BCUT2D eigenvalue weighted by molar-refractivity contribution is -0.134. The number of amides is 2. The molecule has 3 N–H and O–H groups in total. The number of nitrogens with one attached hydrogen (secondary N) is 1. The molecule has 2 aromatic rings. The summed E-state index contributed by atoms with van der Waals surface area (Å²) in [5, 5.41) is 23.4. The van der Waals surface area contributed by atoms with Crippen LogP contribution in [-0.4, -0.2) is 71.7 Å². The van der Waals surface area contributed by atoms with Gasteiger partial charge >= 0.3 is 0 Å². The van der Waals surface area contributed by atoms with Gasteiger partial charge in [-0.05, 0) is 60.7 Å². The average molecular weight is 666 g/mol. The van der Waals surface area contributed by atoms with Crippen LogP contribution in [0.15, 0.2) is 59.7 Å². The van der Waals surface area contributed by atoms with Gasteiger partial charge in [-0.25, -0.2) is 4.39 Å². The maximum Gasteiger partial charge on any atom is 0.247 e. The van der Waals surface area contributed by atoms with Crippen molar-refractivity contribution in [3.8, 4) is 11.5 Å². The summed E-state index contributed by atoms with van der Waals surface area (Å²) in [5.41, 5.74) is 1.52. The van der Waals surface area contributed by atoms with Crippen LogP contribution in [0.25, 0.3) is 0 Å². The van der Waals surface area contributed by atoms with E-state index in [9.17, 15) is 29.0 Å². The molecular weight excluding hydrogens is 634 g/mol. The van der Waals surface area contributed by atoms with Crippen LogP contribution >= 0.6 is 22.6 Å². The Morgan fingerprint density at radius 1 is 1.25 bits per heavy atom. The predicted molar refractivity (Wildman–Crippen MR) is 154 cm³/mol. The molecule has 0 spiro atoms. The van der Waals surface area contributed by atoms with Gasteiger partial charge in [-0.1, -0.05) is 23.8 Å². The molecule has 0 aliphatic heterocycles. The number of benzene rings is 2. The SMILES string of the molecule is COc1cc(C=O)cc(I)c1O[C@H]1C=C(C(=O)NCCO)C[C@@H](N(Cc2ccccc2F)C(=O)C=C(C)C)[C@@H]1O. The normalized spacial score (nSPS) is 18.3. The smallest absolute Gasteiger partial charge is 0.247 e. The van der Waals surface area contributed by atoms with E-state index in [1.54, 1.807) is 32.0 Å². The molecule has 2 aromatic carbocycles.